The van der Waals surface area contributed by atoms with Gasteiger partial charge in [-0.05, 0) is 88.3 Å². The minimum absolute atomic E-state index is 0.908. The average Bonchev–Trinajstić information content (AvgIpc) is 3.71. The van der Waals surface area contributed by atoms with Gasteiger partial charge in [-0.15, -0.1) is 0 Å². The highest BCUT2D eigenvalue weighted by molar-refractivity contribution is 6.28. The lowest BCUT2D eigenvalue weighted by molar-refractivity contribution is 0.556. The van der Waals surface area contributed by atoms with Gasteiger partial charge in [-0.1, -0.05) is 138 Å². The number of aryl methyl sites for hydroxylation is 1. The Morgan fingerprint density at radius 2 is 1.00 bits per heavy atom. The maximum Gasteiger partial charge on any atom is 0.143 e. The lowest BCUT2D eigenvalue weighted by Crippen LogP contribution is -1.86. The first kappa shape index (κ1) is 30.5. The highest BCUT2D eigenvalue weighted by Crippen LogP contribution is 2.44. The molecule has 240 valence electrons. The molecule has 0 saturated carbocycles. The largest absolute Gasteiger partial charge is 0.456 e. The SMILES string of the molecule is CCCCCCCCCCCCc1ccc2c(c1)oc1ccc3c(ccc4oc5c(-c6ccccc6)cc(-c6ccccc6)cc5c43)c12. The van der Waals surface area contributed by atoms with Crippen molar-refractivity contribution in [1.29, 1.82) is 0 Å². The Morgan fingerprint density at radius 1 is 0.417 bits per heavy atom. The van der Waals surface area contributed by atoms with E-state index in [4.69, 9.17) is 8.83 Å². The van der Waals surface area contributed by atoms with Crippen molar-refractivity contribution in [2.75, 3.05) is 0 Å². The molecule has 0 N–H and O–H groups in total. The molecule has 0 spiro atoms. The first-order chi connectivity index (χ1) is 23.8. The fourth-order valence-corrected chi connectivity index (χ4v) is 7.70. The molecule has 0 aliphatic carbocycles. The number of rotatable bonds is 13. The molecule has 2 nitrogen and oxygen atoms in total. The third-order valence-electron chi connectivity index (χ3n) is 10.2. The van der Waals surface area contributed by atoms with Crippen LogP contribution in [-0.2, 0) is 6.42 Å². The van der Waals surface area contributed by atoms with Crippen LogP contribution in [0.5, 0.6) is 0 Å². The van der Waals surface area contributed by atoms with Crippen molar-refractivity contribution in [2.45, 2.75) is 77.6 Å². The highest BCUT2D eigenvalue weighted by Gasteiger charge is 2.19. The van der Waals surface area contributed by atoms with Gasteiger partial charge in [-0.25, -0.2) is 0 Å². The predicted octanol–water partition coefficient (Wildman–Crippen LogP) is 14.4. The normalized spacial score (nSPS) is 11.9. The highest BCUT2D eigenvalue weighted by atomic mass is 16.3. The van der Waals surface area contributed by atoms with E-state index in [2.05, 4.69) is 122 Å². The van der Waals surface area contributed by atoms with Crippen LogP contribution in [-0.4, -0.2) is 0 Å². The van der Waals surface area contributed by atoms with Crippen molar-refractivity contribution in [3.8, 4) is 22.3 Å². The number of unbranched alkanes of at least 4 members (excludes halogenated alkanes) is 9. The second-order valence-corrected chi connectivity index (χ2v) is 13.6. The quantitative estimate of drug-likeness (QED) is 0.119. The van der Waals surface area contributed by atoms with Crippen molar-refractivity contribution in [3.05, 3.63) is 121 Å². The van der Waals surface area contributed by atoms with Crippen LogP contribution in [0.1, 0.15) is 76.7 Å². The average molecular weight is 629 g/mol. The van der Waals surface area contributed by atoms with E-state index in [1.807, 2.05) is 0 Å². The lowest BCUT2D eigenvalue weighted by atomic mass is 9.94. The molecule has 0 radical (unpaired) electrons. The van der Waals surface area contributed by atoms with Crippen molar-refractivity contribution >= 4 is 54.6 Å². The van der Waals surface area contributed by atoms with Gasteiger partial charge in [-0.3, -0.25) is 0 Å². The van der Waals surface area contributed by atoms with Crippen molar-refractivity contribution < 1.29 is 8.83 Å². The minimum Gasteiger partial charge on any atom is -0.456 e. The van der Waals surface area contributed by atoms with Gasteiger partial charge in [0, 0.05) is 27.1 Å². The summed E-state index contributed by atoms with van der Waals surface area (Å²) in [5.74, 6) is 0. The Labute approximate surface area is 283 Å². The molecule has 48 heavy (non-hydrogen) atoms. The van der Waals surface area contributed by atoms with E-state index < -0.39 is 0 Å². The molecule has 8 aromatic rings. The van der Waals surface area contributed by atoms with Gasteiger partial charge in [0.25, 0.3) is 0 Å². The van der Waals surface area contributed by atoms with E-state index in [1.54, 1.807) is 0 Å². The van der Waals surface area contributed by atoms with Gasteiger partial charge in [-0.2, -0.15) is 0 Å². The summed E-state index contributed by atoms with van der Waals surface area (Å²) in [4.78, 5) is 0. The Kier molecular flexibility index (Phi) is 8.73. The topological polar surface area (TPSA) is 26.3 Å². The summed E-state index contributed by atoms with van der Waals surface area (Å²) >= 11 is 0. The summed E-state index contributed by atoms with van der Waals surface area (Å²) in [6, 6.07) is 41.4. The molecule has 0 bridgehead atoms. The Bertz CT molecular complexity index is 2320. The molecular formula is C46H44O2. The number of furan rings is 2. The molecule has 0 aliphatic heterocycles. The number of benzene rings is 6. The molecule has 8 rings (SSSR count). The maximum absolute atomic E-state index is 6.70. The van der Waals surface area contributed by atoms with E-state index in [1.165, 1.54) is 102 Å². The second kappa shape index (κ2) is 13.7. The maximum atomic E-state index is 6.70. The van der Waals surface area contributed by atoms with Gasteiger partial charge in [0.15, 0.2) is 0 Å². The van der Waals surface area contributed by atoms with Crippen molar-refractivity contribution in [3.63, 3.8) is 0 Å². The summed E-state index contributed by atoms with van der Waals surface area (Å²) < 4.78 is 13.2. The van der Waals surface area contributed by atoms with Crippen LogP contribution in [0, 0.1) is 0 Å². The third-order valence-corrected chi connectivity index (χ3v) is 10.2. The lowest BCUT2D eigenvalue weighted by Gasteiger charge is -2.08. The van der Waals surface area contributed by atoms with Crippen LogP contribution in [0.4, 0.5) is 0 Å². The van der Waals surface area contributed by atoms with Crippen LogP contribution >= 0.6 is 0 Å². The minimum atomic E-state index is 0.908. The van der Waals surface area contributed by atoms with Crippen LogP contribution < -0.4 is 0 Å². The zero-order valence-electron chi connectivity index (χ0n) is 28.1. The summed E-state index contributed by atoms with van der Waals surface area (Å²) in [7, 11) is 0. The van der Waals surface area contributed by atoms with E-state index in [0.717, 1.165) is 50.7 Å². The molecule has 0 saturated heterocycles. The van der Waals surface area contributed by atoms with Gasteiger partial charge < -0.3 is 8.83 Å². The van der Waals surface area contributed by atoms with Crippen molar-refractivity contribution in [1.82, 2.24) is 0 Å². The summed E-state index contributed by atoms with van der Waals surface area (Å²) in [6.07, 6.45) is 14.7. The van der Waals surface area contributed by atoms with Gasteiger partial charge in [0.1, 0.15) is 22.3 Å². The molecule has 0 aliphatic rings. The first-order valence-electron chi connectivity index (χ1n) is 18.2. The molecule has 0 unspecified atom stereocenters. The van der Waals surface area contributed by atoms with Crippen LogP contribution in [0.2, 0.25) is 0 Å². The molecule has 0 atom stereocenters. The molecular weight excluding hydrogens is 585 g/mol. The first-order valence-corrected chi connectivity index (χ1v) is 18.2. The summed E-state index contributed by atoms with van der Waals surface area (Å²) in [6.45, 7) is 2.29. The predicted molar refractivity (Wildman–Crippen MR) is 205 cm³/mol. The molecule has 2 heteroatoms. The standard InChI is InChI=1S/C46H44O2/c1-2-3-4-5-6-7-8-9-10-13-18-32-23-24-38-43(29-32)47-41-27-25-37-36(44(38)41)26-28-42-45(37)40-31-35(33-19-14-11-15-20-33)30-39(46(40)48-42)34-21-16-12-17-22-34/h11-12,14-17,19-31H,2-10,13,18H2,1H3. The Hall–Kier alpha value is -4.82. The molecule has 2 heterocycles. The van der Waals surface area contributed by atoms with Gasteiger partial charge in [0.2, 0.25) is 0 Å². The molecule has 6 aromatic carbocycles. The third kappa shape index (κ3) is 5.90. The van der Waals surface area contributed by atoms with Gasteiger partial charge in [0.05, 0.1) is 0 Å². The molecule has 0 fully saturated rings. The fourth-order valence-electron chi connectivity index (χ4n) is 7.70. The zero-order valence-corrected chi connectivity index (χ0v) is 28.1. The molecule has 0 amide bonds. The van der Waals surface area contributed by atoms with Crippen LogP contribution in [0.25, 0.3) is 76.9 Å². The van der Waals surface area contributed by atoms with Crippen molar-refractivity contribution in [2.24, 2.45) is 0 Å². The van der Waals surface area contributed by atoms with E-state index >= 15 is 0 Å². The van der Waals surface area contributed by atoms with E-state index in [9.17, 15) is 0 Å². The number of hydrogen-bond acceptors (Lipinski definition) is 2. The van der Waals surface area contributed by atoms with E-state index in [-0.39, 0.29) is 0 Å². The van der Waals surface area contributed by atoms with Crippen LogP contribution in [0.3, 0.4) is 0 Å². The Balaban J connectivity index is 1.13. The fraction of sp³-hybridized carbons (Fsp3) is 0.261. The number of fused-ring (bicyclic) bond motifs is 9. The van der Waals surface area contributed by atoms with Gasteiger partial charge >= 0.3 is 0 Å². The van der Waals surface area contributed by atoms with Crippen LogP contribution in [0.15, 0.2) is 124 Å². The monoisotopic (exact) mass is 628 g/mol. The second-order valence-electron chi connectivity index (χ2n) is 13.6. The Morgan fingerprint density at radius 3 is 1.69 bits per heavy atom. The number of hydrogen-bond donors (Lipinski definition) is 0. The molecule has 2 aromatic heterocycles. The summed E-state index contributed by atoms with van der Waals surface area (Å²) in [5, 5.41) is 7.07. The summed E-state index contributed by atoms with van der Waals surface area (Å²) in [5.41, 5.74) is 9.78. The smallest absolute Gasteiger partial charge is 0.143 e. The zero-order chi connectivity index (χ0) is 32.3. The van der Waals surface area contributed by atoms with E-state index in [0.29, 0.717) is 0 Å².